The molecule has 0 radical (unpaired) electrons. The van der Waals surface area contributed by atoms with Crippen molar-refractivity contribution in [2.24, 2.45) is 0 Å². The summed E-state index contributed by atoms with van der Waals surface area (Å²) in [5.74, 6) is 0.123. The number of carbonyl (C=O) groups is 1. The van der Waals surface area contributed by atoms with Gasteiger partial charge in [0, 0.05) is 17.5 Å². The predicted octanol–water partition coefficient (Wildman–Crippen LogP) is 1.72. The Bertz CT molecular complexity index is 331. The largest absolute Gasteiger partial charge is 0.352 e. The quantitative estimate of drug-likeness (QED) is 0.842. The van der Waals surface area contributed by atoms with Crippen LogP contribution in [-0.2, 0) is 4.79 Å². The van der Waals surface area contributed by atoms with Gasteiger partial charge in [0.1, 0.15) is 0 Å². The van der Waals surface area contributed by atoms with Crippen molar-refractivity contribution in [3.63, 3.8) is 0 Å². The van der Waals surface area contributed by atoms with Crippen LogP contribution in [0.5, 0.6) is 0 Å². The summed E-state index contributed by atoms with van der Waals surface area (Å²) in [6, 6.07) is 4.32. The lowest BCUT2D eigenvalue weighted by atomic mass is 10.1. The van der Waals surface area contributed by atoms with E-state index in [-0.39, 0.29) is 11.8 Å². The number of carbonyl (C=O) groups excluding carboxylic acids is 1. The summed E-state index contributed by atoms with van der Waals surface area (Å²) in [5, 5.41) is 8.43. The summed E-state index contributed by atoms with van der Waals surface area (Å²) < 4.78 is 0. The predicted molar refractivity (Wildman–Crippen MR) is 66.8 cm³/mol. The third-order valence-electron chi connectivity index (χ3n) is 3.01. The summed E-state index contributed by atoms with van der Waals surface area (Å²) in [5.41, 5.74) is 0. The van der Waals surface area contributed by atoms with Crippen LogP contribution in [0.3, 0.4) is 0 Å². The van der Waals surface area contributed by atoms with Crippen LogP contribution in [0, 0.1) is 0 Å². The molecule has 4 heteroatoms. The number of nitrogens with one attached hydrogen (secondary N) is 2. The lowest BCUT2D eigenvalue weighted by molar-refractivity contribution is -0.122. The minimum absolute atomic E-state index is 0.0260. The number of rotatable bonds is 3. The summed E-state index contributed by atoms with van der Waals surface area (Å²) in [4.78, 5) is 13.1. The van der Waals surface area contributed by atoms with Crippen molar-refractivity contribution in [1.82, 2.24) is 10.6 Å². The second-order valence-corrected chi connectivity index (χ2v) is 5.27. The van der Waals surface area contributed by atoms with Crippen molar-refractivity contribution in [3.8, 4) is 0 Å². The van der Waals surface area contributed by atoms with Crippen LogP contribution in [-0.4, -0.2) is 25.0 Å². The normalized spacial score (nSPS) is 22.7. The van der Waals surface area contributed by atoms with Crippen LogP contribution in [0.4, 0.5) is 0 Å². The molecule has 2 atom stereocenters. The Balaban J connectivity index is 1.87. The Morgan fingerprint density at radius 1 is 1.69 bits per heavy atom. The molecule has 1 fully saturated rings. The van der Waals surface area contributed by atoms with E-state index in [2.05, 4.69) is 10.6 Å². The van der Waals surface area contributed by atoms with E-state index in [1.165, 1.54) is 0 Å². The molecule has 0 aliphatic carbocycles. The first-order valence-corrected chi connectivity index (χ1v) is 6.70. The fraction of sp³-hybridized carbons (Fsp3) is 0.583. The third-order valence-corrected chi connectivity index (χ3v) is 4.06. The molecule has 1 amide bonds. The fourth-order valence-corrected chi connectivity index (χ4v) is 2.75. The Morgan fingerprint density at radius 2 is 2.56 bits per heavy atom. The van der Waals surface area contributed by atoms with Crippen LogP contribution in [0.25, 0.3) is 0 Å². The van der Waals surface area contributed by atoms with E-state index in [0.29, 0.717) is 6.04 Å². The van der Waals surface area contributed by atoms with Crippen molar-refractivity contribution < 1.29 is 4.79 Å². The van der Waals surface area contributed by atoms with Gasteiger partial charge >= 0.3 is 0 Å². The van der Waals surface area contributed by atoms with E-state index in [0.717, 1.165) is 30.8 Å². The van der Waals surface area contributed by atoms with Gasteiger partial charge in [-0.1, -0.05) is 6.07 Å². The highest BCUT2D eigenvalue weighted by Gasteiger charge is 2.20. The second-order valence-electron chi connectivity index (χ2n) is 4.29. The zero-order chi connectivity index (χ0) is 11.4. The molecule has 0 aromatic carbocycles. The molecule has 16 heavy (non-hydrogen) atoms. The number of hydrogen-bond acceptors (Lipinski definition) is 3. The highest BCUT2D eigenvalue weighted by molar-refractivity contribution is 7.10. The standard InChI is InChI=1S/C12H18N2OS/c1-9(11-5-3-7-16-11)12(15)14-10-4-2-6-13-8-10/h3,5,7,9-10,13H,2,4,6,8H2,1H3,(H,14,15)/t9?,10-/m0/s1. The third kappa shape index (κ3) is 2.83. The minimum Gasteiger partial charge on any atom is -0.352 e. The van der Waals surface area contributed by atoms with Crippen LogP contribution >= 0.6 is 11.3 Å². The Morgan fingerprint density at radius 3 is 3.19 bits per heavy atom. The maximum Gasteiger partial charge on any atom is 0.228 e. The zero-order valence-corrected chi connectivity index (χ0v) is 10.3. The van der Waals surface area contributed by atoms with E-state index < -0.39 is 0 Å². The summed E-state index contributed by atoms with van der Waals surface area (Å²) in [6.45, 7) is 3.95. The highest BCUT2D eigenvalue weighted by atomic mass is 32.1. The Kier molecular flexibility index (Phi) is 3.96. The first kappa shape index (κ1) is 11.6. The molecule has 0 saturated carbocycles. The van der Waals surface area contributed by atoms with Gasteiger partial charge in [0.15, 0.2) is 0 Å². The van der Waals surface area contributed by atoms with Gasteiger partial charge < -0.3 is 10.6 Å². The first-order chi connectivity index (χ1) is 7.77. The molecule has 1 unspecified atom stereocenters. The van der Waals surface area contributed by atoms with Gasteiger partial charge in [-0.25, -0.2) is 0 Å². The van der Waals surface area contributed by atoms with Crippen molar-refractivity contribution in [2.45, 2.75) is 31.7 Å². The maximum atomic E-state index is 12.0. The van der Waals surface area contributed by atoms with E-state index in [9.17, 15) is 4.79 Å². The molecule has 1 saturated heterocycles. The summed E-state index contributed by atoms with van der Waals surface area (Å²) in [7, 11) is 0. The molecule has 0 bridgehead atoms. The summed E-state index contributed by atoms with van der Waals surface area (Å²) >= 11 is 1.64. The van der Waals surface area contributed by atoms with Crippen LogP contribution < -0.4 is 10.6 Å². The molecule has 1 aromatic heterocycles. The van der Waals surface area contributed by atoms with E-state index in [4.69, 9.17) is 0 Å². The van der Waals surface area contributed by atoms with Crippen molar-refractivity contribution in [1.29, 1.82) is 0 Å². The molecule has 0 spiro atoms. The number of piperidine rings is 1. The second kappa shape index (κ2) is 5.46. The van der Waals surface area contributed by atoms with Crippen LogP contribution in [0.2, 0.25) is 0 Å². The molecular weight excluding hydrogens is 220 g/mol. The summed E-state index contributed by atoms with van der Waals surface area (Å²) in [6.07, 6.45) is 2.24. The van der Waals surface area contributed by atoms with Gasteiger partial charge in [0.25, 0.3) is 0 Å². The Hall–Kier alpha value is -0.870. The number of thiophene rings is 1. The van der Waals surface area contributed by atoms with E-state index >= 15 is 0 Å². The van der Waals surface area contributed by atoms with Crippen molar-refractivity contribution in [2.75, 3.05) is 13.1 Å². The molecule has 3 nitrogen and oxygen atoms in total. The number of hydrogen-bond donors (Lipinski definition) is 2. The van der Waals surface area contributed by atoms with Gasteiger partial charge in [-0.2, -0.15) is 0 Å². The number of amides is 1. The van der Waals surface area contributed by atoms with E-state index in [1.54, 1.807) is 11.3 Å². The van der Waals surface area contributed by atoms with Crippen molar-refractivity contribution >= 4 is 17.2 Å². The molecule has 1 aliphatic rings. The van der Waals surface area contributed by atoms with Gasteiger partial charge in [-0.15, -0.1) is 11.3 Å². The van der Waals surface area contributed by atoms with Crippen LogP contribution in [0.15, 0.2) is 17.5 Å². The van der Waals surface area contributed by atoms with Gasteiger partial charge in [0.2, 0.25) is 5.91 Å². The fourth-order valence-electron chi connectivity index (χ4n) is 1.97. The molecule has 2 rings (SSSR count). The average Bonchev–Trinajstić information content (AvgIpc) is 2.83. The smallest absolute Gasteiger partial charge is 0.228 e. The lowest BCUT2D eigenvalue weighted by Gasteiger charge is -2.25. The molecule has 2 heterocycles. The zero-order valence-electron chi connectivity index (χ0n) is 9.53. The van der Waals surface area contributed by atoms with Crippen molar-refractivity contribution in [3.05, 3.63) is 22.4 Å². The highest BCUT2D eigenvalue weighted by Crippen LogP contribution is 2.21. The molecule has 1 aliphatic heterocycles. The average molecular weight is 238 g/mol. The monoisotopic (exact) mass is 238 g/mol. The molecule has 1 aromatic rings. The SMILES string of the molecule is CC(C(=O)N[C@H]1CCCNC1)c1cccs1. The first-order valence-electron chi connectivity index (χ1n) is 5.82. The molecule has 2 N–H and O–H groups in total. The van der Waals surface area contributed by atoms with Gasteiger partial charge in [0.05, 0.1) is 5.92 Å². The minimum atomic E-state index is -0.0260. The van der Waals surface area contributed by atoms with Gasteiger partial charge in [-0.05, 0) is 37.8 Å². The molecule has 88 valence electrons. The molecular formula is C12H18N2OS. The van der Waals surface area contributed by atoms with Gasteiger partial charge in [-0.3, -0.25) is 4.79 Å². The van der Waals surface area contributed by atoms with Crippen LogP contribution in [0.1, 0.15) is 30.6 Å². The lowest BCUT2D eigenvalue weighted by Crippen LogP contribution is -2.46. The Labute approximate surface area is 100 Å². The maximum absolute atomic E-state index is 12.0. The van der Waals surface area contributed by atoms with E-state index in [1.807, 2.05) is 24.4 Å². The topological polar surface area (TPSA) is 41.1 Å².